The first-order valence-electron chi connectivity index (χ1n) is 5.60. The van der Waals surface area contributed by atoms with Crippen molar-refractivity contribution in [2.75, 3.05) is 0 Å². The average Bonchev–Trinajstić information content (AvgIpc) is 2.73. The summed E-state index contributed by atoms with van der Waals surface area (Å²) in [4.78, 5) is 0. The SMILES string of the molecule is CC(C)n1nnc2ccc3ccc(Cl)cc3c21. The second kappa shape index (κ2) is 3.70. The lowest BCUT2D eigenvalue weighted by Gasteiger charge is -2.07. The van der Waals surface area contributed by atoms with Crippen molar-refractivity contribution in [2.45, 2.75) is 19.9 Å². The summed E-state index contributed by atoms with van der Waals surface area (Å²) in [6.07, 6.45) is 0. The Kier molecular flexibility index (Phi) is 2.30. The molecule has 0 aliphatic rings. The van der Waals surface area contributed by atoms with Crippen molar-refractivity contribution in [3.8, 4) is 0 Å². The zero-order valence-electron chi connectivity index (χ0n) is 9.68. The van der Waals surface area contributed by atoms with Crippen LogP contribution in [0.1, 0.15) is 19.9 Å². The van der Waals surface area contributed by atoms with Gasteiger partial charge in [0.25, 0.3) is 0 Å². The van der Waals surface area contributed by atoms with Crippen LogP contribution in [0.4, 0.5) is 0 Å². The van der Waals surface area contributed by atoms with Crippen LogP contribution < -0.4 is 0 Å². The molecule has 0 N–H and O–H groups in total. The van der Waals surface area contributed by atoms with Gasteiger partial charge in [-0.3, -0.25) is 0 Å². The topological polar surface area (TPSA) is 30.7 Å². The molecular weight excluding hydrogens is 234 g/mol. The van der Waals surface area contributed by atoms with Gasteiger partial charge in [0.15, 0.2) is 0 Å². The Labute approximate surface area is 104 Å². The minimum atomic E-state index is 0.282. The van der Waals surface area contributed by atoms with Gasteiger partial charge >= 0.3 is 0 Å². The molecule has 3 rings (SSSR count). The molecule has 0 atom stereocenters. The van der Waals surface area contributed by atoms with E-state index in [0.29, 0.717) is 0 Å². The first-order valence-corrected chi connectivity index (χ1v) is 5.98. The molecule has 17 heavy (non-hydrogen) atoms. The number of aromatic nitrogens is 3. The number of hydrogen-bond acceptors (Lipinski definition) is 2. The summed E-state index contributed by atoms with van der Waals surface area (Å²) in [5, 5.41) is 11.4. The smallest absolute Gasteiger partial charge is 0.113 e. The maximum absolute atomic E-state index is 6.07. The van der Waals surface area contributed by atoms with E-state index in [-0.39, 0.29) is 6.04 Å². The summed E-state index contributed by atoms with van der Waals surface area (Å²) in [6.45, 7) is 4.19. The summed E-state index contributed by atoms with van der Waals surface area (Å²) < 4.78 is 1.94. The fraction of sp³-hybridized carbons (Fsp3) is 0.231. The van der Waals surface area contributed by atoms with E-state index in [2.05, 4.69) is 24.2 Å². The number of benzene rings is 2. The Morgan fingerprint density at radius 2 is 1.94 bits per heavy atom. The van der Waals surface area contributed by atoms with Crippen LogP contribution in [-0.4, -0.2) is 15.0 Å². The zero-order valence-corrected chi connectivity index (χ0v) is 10.4. The third-order valence-corrected chi connectivity index (χ3v) is 3.14. The van der Waals surface area contributed by atoms with Crippen LogP contribution >= 0.6 is 11.6 Å². The number of rotatable bonds is 1. The second-order valence-electron chi connectivity index (χ2n) is 4.43. The van der Waals surface area contributed by atoms with Crippen molar-refractivity contribution in [3.63, 3.8) is 0 Å². The van der Waals surface area contributed by atoms with Crippen molar-refractivity contribution < 1.29 is 0 Å². The molecule has 0 bridgehead atoms. The molecule has 2 aromatic carbocycles. The van der Waals surface area contributed by atoms with E-state index in [1.54, 1.807) is 0 Å². The maximum atomic E-state index is 6.07. The lowest BCUT2D eigenvalue weighted by molar-refractivity contribution is 0.531. The Bertz CT molecular complexity index is 700. The van der Waals surface area contributed by atoms with Crippen molar-refractivity contribution in [2.24, 2.45) is 0 Å². The lowest BCUT2D eigenvalue weighted by Crippen LogP contribution is -2.02. The average molecular weight is 246 g/mol. The zero-order chi connectivity index (χ0) is 12.0. The summed E-state index contributed by atoms with van der Waals surface area (Å²) in [5.41, 5.74) is 1.97. The molecule has 1 heterocycles. The third-order valence-electron chi connectivity index (χ3n) is 2.90. The molecular formula is C13H12ClN3. The van der Waals surface area contributed by atoms with Gasteiger partial charge < -0.3 is 0 Å². The van der Waals surface area contributed by atoms with E-state index >= 15 is 0 Å². The van der Waals surface area contributed by atoms with E-state index in [9.17, 15) is 0 Å². The van der Waals surface area contributed by atoms with E-state index < -0.39 is 0 Å². The van der Waals surface area contributed by atoms with E-state index in [1.807, 2.05) is 35.0 Å². The monoisotopic (exact) mass is 245 g/mol. The van der Waals surface area contributed by atoms with Gasteiger partial charge in [0.1, 0.15) is 5.52 Å². The highest BCUT2D eigenvalue weighted by molar-refractivity contribution is 6.31. The minimum absolute atomic E-state index is 0.282. The van der Waals surface area contributed by atoms with E-state index in [4.69, 9.17) is 11.6 Å². The summed E-state index contributed by atoms with van der Waals surface area (Å²) in [5.74, 6) is 0. The predicted octanol–water partition coefficient (Wildman–Crippen LogP) is 3.82. The summed E-state index contributed by atoms with van der Waals surface area (Å²) in [7, 11) is 0. The minimum Gasteiger partial charge on any atom is -0.242 e. The van der Waals surface area contributed by atoms with Crippen molar-refractivity contribution in [1.82, 2.24) is 15.0 Å². The normalized spacial score (nSPS) is 11.8. The molecule has 0 aliphatic heterocycles. The molecule has 1 aromatic heterocycles. The number of nitrogens with zero attached hydrogens (tertiary/aromatic N) is 3. The second-order valence-corrected chi connectivity index (χ2v) is 4.86. The maximum Gasteiger partial charge on any atom is 0.113 e. The molecule has 0 unspecified atom stereocenters. The fourth-order valence-electron chi connectivity index (χ4n) is 2.09. The predicted molar refractivity (Wildman–Crippen MR) is 70.4 cm³/mol. The Morgan fingerprint density at radius 3 is 2.71 bits per heavy atom. The van der Waals surface area contributed by atoms with Gasteiger partial charge in [0.2, 0.25) is 0 Å². The standard InChI is InChI=1S/C13H12ClN3/c1-8(2)17-13-11-7-10(14)5-3-9(11)4-6-12(13)15-16-17/h3-8H,1-2H3. The van der Waals surface area contributed by atoms with Gasteiger partial charge in [-0.05, 0) is 37.4 Å². The Morgan fingerprint density at radius 1 is 1.18 bits per heavy atom. The highest BCUT2D eigenvalue weighted by atomic mass is 35.5. The first kappa shape index (κ1) is 10.5. The molecule has 0 spiro atoms. The molecule has 86 valence electrons. The van der Waals surface area contributed by atoms with Gasteiger partial charge in [0.05, 0.1) is 5.52 Å². The Balaban J connectivity index is 2.51. The van der Waals surface area contributed by atoms with E-state index in [0.717, 1.165) is 26.8 Å². The molecule has 0 aliphatic carbocycles. The van der Waals surface area contributed by atoms with Gasteiger partial charge in [-0.25, -0.2) is 4.68 Å². The van der Waals surface area contributed by atoms with Crippen LogP contribution in [0.25, 0.3) is 21.8 Å². The highest BCUT2D eigenvalue weighted by Gasteiger charge is 2.11. The third kappa shape index (κ3) is 1.58. The quantitative estimate of drug-likeness (QED) is 0.653. The fourth-order valence-corrected chi connectivity index (χ4v) is 2.26. The molecule has 3 aromatic rings. The van der Waals surface area contributed by atoms with Crippen LogP contribution in [0.3, 0.4) is 0 Å². The van der Waals surface area contributed by atoms with Crippen molar-refractivity contribution in [1.29, 1.82) is 0 Å². The van der Waals surface area contributed by atoms with Crippen molar-refractivity contribution in [3.05, 3.63) is 35.4 Å². The number of halogens is 1. The van der Waals surface area contributed by atoms with Gasteiger partial charge in [0, 0.05) is 16.5 Å². The molecule has 0 saturated carbocycles. The molecule has 0 amide bonds. The van der Waals surface area contributed by atoms with Crippen LogP contribution in [0, 0.1) is 0 Å². The molecule has 0 saturated heterocycles. The van der Waals surface area contributed by atoms with Gasteiger partial charge in [-0.1, -0.05) is 28.9 Å². The number of hydrogen-bond donors (Lipinski definition) is 0. The van der Waals surface area contributed by atoms with Crippen LogP contribution in [0.2, 0.25) is 5.02 Å². The largest absolute Gasteiger partial charge is 0.242 e. The molecule has 3 nitrogen and oxygen atoms in total. The molecule has 0 fully saturated rings. The summed E-state index contributed by atoms with van der Waals surface area (Å²) >= 11 is 6.07. The lowest BCUT2D eigenvalue weighted by atomic mass is 10.1. The van der Waals surface area contributed by atoms with E-state index in [1.165, 1.54) is 0 Å². The van der Waals surface area contributed by atoms with Crippen LogP contribution in [-0.2, 0) is 0 Å². The van der Waals surface area contributed by atoms with Crippen molar-refractivity contribution >= 4 is 33.4 Å². The molecule has 4 heteroatoms. The van der Waals surface area contributed by atoms with Gasteiger partial charge in [-0.15, -0.1) is 5.10 Å². The Hall–Kier alpha value is -1.61. The highest BCUT2D eigenvalue weighted by Crippen LogP contribution is 2.28. The molecule has 0 radical (unpaired) electrons. The van der Waals surface area contributed by atoms with Crippen LogP contribution in [0.15, 0.2) is 30.3 Å². The van der Waals surface area contributed by atoms with Crippen LogP contribution in [0.5, 0.6) is 0 Å². The first-order chi connectivity index (χ1) is 8.16. The van der Waals surface area contributed by atoms with Gasteiger partial charge in [-0.2, -0.15) is 0 Å². The summed E-state index contributed by atoms with van der Waals surface area (Å²) in [6, 6.07) is 10.2. The number of fused-ring (bicyclic) bond motifs is 3.